The molecule has 1 aromatic heterocycles. The molecule has 4 rings (SSSR count). The van der Waals surface area contributed by atoms with Crippen LogP contribution in [0.2, 0.25) is 0 Å². The number of hydrogen-bond donors (Lipinski definition) is 1. The maximum absolute atomic E-state index is 14.3. The molecule has 2 aliphatic heterocycles. The third-order valence-electron chi connectivity index (χ3n) is 6.01. The van der Waals surface area contributed by atoms with Crippen LogP contribution in [0.4, 0.5) is 4.39 Å². The summed E-state index contributed by atoms with van der Waals surface area (Å²) >= 11 is 0. The largest absolute Gasteiger partial charge is 0.384 e. The van der Waals surface area contributed by atoms with E-state index >= 15 is 0 Å². The van der Waals surface area contributed by atoms with E-state index < -0.39 is 21.8 Å². The number of aliphatic hydroxyl groups is 1. The molecule has 7 nitrogen and oxygen atoms in total. The summed E-state index contributed by atoms with van der Waals surface area (Å²) in [4.78, 5) is 3.69. The third-order valence-corrected chi connectivity index (χ3v) is 7.98. The number of hydrogen-bond acceptors (Lipinski definition) is 5. The van der Waals surface area contributed by atoms with Gasteiger partial charge in [-0.3, -0.25) is 0 Å². The van der Waals surface area contributed by atoms with Crippen LogP contribution in [0.5, 0.6) is 0 Å². The molecule has 0 amide bonds. The zero-order valence-electron chi connectivity index (χ0n) is 14.6. The average molecular weight is 385 g/mol. The summed E-state index contributed by atoms with van der Waals surface area (Å²) in [5.41, 5.74) is -1.17. The molecule has 3 fully saturated rings. The Labute approximate surface area is 153 Å². The third kappa shape index (κ3) is 2.86. The Morgan fingerprint density at radius 1 is 1.19 bits per heavy atom. The van der Waals surface area contributed by atoms with Crippen molar-refractivity contribution in [3.8, 4) is 0 Å². The molecule has 26 heavy (non-hydrogen) atoms. The Balaban J connectivity index is 1.64. The number of rotatable bonds is 3. The summed E-state index contributed by atoms with van der Waals surface area (Å²) in [5, 5.41) is 11.5. The highest BCUT2D eigenvalue weighted by Gasteiger charge is 2.55. The van der Waals surface area contributed by atoms with E-state index in [2.05, 4.69) is 4.98 Å². The van der Waals surface area contributed by atoms with Crippen molar-refractivity contribution in [2.45, 2.75) is 24.9 Å². The van der Waals surface area contributed by atoms with E-state index in [1.54, 1.807) is 12.1 Å². The minimum absolute atomic E-state index is 0.193. The molecule has 3 atom stereocenters. The summed E-state index contributed by atoms with van der Waals surface area (Å²) in [6, 6.07) is 3.18. The first-order valence-corrected chi connectivity index (χ1v) is 10.5. The van der Waals surface area contributed by atoms with Gasteiger partial charge in [0.25, 0.3) is 10.2 Å². The van der Waals surface area contributed by atoms with E-state index in [0.29, 0.717) is 39.1 Å². The van der Waals surface area contributed by atoms with Gasteiger partial charge in [0.15, 0.2) is 0 Å². The molecule has 0 radical (unpaired) electrons. The summed E-state index contributed by atoms with van der Waals surface area (Å²) in [6.07, 6.45) is 3.59. The Hall–Kier alpha value is -1.13. The van der Waals surface area contributed by atoms with Gasteiger partial charge in [0.05, 0.1) is 13.2 Å². The molecule has 2 bridgehead atoms. The van der Waals surface area contributed by atoms with Gasteiger partial charge in [0, 0.05) is 49.8 Å². The zero-order chi connectivity index (χ0) is 18.4. The Morgan fingerprint density at radius 3 is 2.46 bits per heavy atom. The second-order valence-corrected chi connectivity index (χ2v) is 9.26. The fourth-order valence-electron chi connectivity index (χ4n) is 4.66. The lowest BCUT2D eigenvalue weighted by atomic mass is 9.63. The molecule has 1 saturated carbocycles. The number of halogens is 1. The quantitative estimate of drug-likeness (QED) is 0.775. The molecule has 144 valence electrons. The molecule has 3 heterocycles. The molecule has 9 heteroatoms. The van der Waals surface area contributed by atoms with Crippen LogP contribution < -0.4 is 0 Å². The number of morpholine rings is 1. The van der Waals surface area contributed by atoms with E-state index in [4.69, 9.17) is 4.74 Å². The molecular formula is C17H24FN3O4S. The summed E-state index contributed by atoms with van der Waals surface area (Å²) < 4.78 is 48.5. The van der Waals surface area contributed by atoms with Crippen LogP contribution in [0.15, 0.2) is 18.3 Å². The van der Waals surface area contributed by atoms with Crippen molar-refractivity contribution in [1.29, 1.82) is 0 Å². The van der Waals surface area contributed by atoms with Crippen molar-refractivity contribution in [2.75, 3.05) is 39.4 Å². The Kier molecular flexibility index (Phi) is 4.77. The van der Waals surface area contributed by atoms with Gasteiger partial charge in [-0.15, -0.1) is 0 Å². The maximum atomic E-state index is 14.3. The SMILES string of the molecule is O=S(=O)(N1CCOCC1)N1C[C@H]2CCC[C@@H](C1)C2(O)c1cccnc1F. The van der Waals surface area contributed by atoms with Gasteiger partial charge < -0.3 is 9.84 Å². The van der Waals surface area contributed by atoms with Gasteiger partial charge in [-0.1, -0.05) is 12.5 Å². The monoisotopic (exact) mass is 385 g/mol. The summed E-state index contributed by atoms with van der Waals surface area (Å²) in [7, 11) is -3.60. The zero-order valence-corrected chi connectivity index (χ0v) is 15.4. The summed E-state index contributed by atoms with van der Waals surface area (Å²) in [5.74, 6) is -1.36. The highest BCUT2D eigenvalue weighted by Crippen LogP contribution is 2.50. The first-order valence-electron chi connectivity index (χ1n) is 9.10. The Morgan fingerprint density at radius 2 is 1.85 bits per heavy atom. The number of aromatic nitrogens is 1. The van der Waals surface area contributed by atoms with Gasteiger partial charge in [-0.2, -0.15) is 21.4 Å². The fourth-order valence-corrected chi connectivity index (χ4v) is 6.34. The van der Waals surface area contributed by atoms with Gasteiger partial charge in [-0.25, -0.2) is 4.98 Å². The first kappa shape index (κ1) is 18.2. The van der Waals surface area contributed by atoms with Crippen molar-refractivity contribution in [1.82, 2.24) is 13.6 Å². The van der Waals surface area contributed by atoms with Gasteiger partial charge in [0.1, 0.15) is 5.60 Å². The number of ether oxygens (including phenoxy) is 1. The second kappa shape index (κ2) is 6.79. The van der Waals surface area contributed by atoms with Gasteiger partial charge in [0.2, 0.25) is 5.95 Å². The van der Waals surface area contributed by atoms with Crippen molar-refractivity contribution in [3.05, 3.63) is 29.8 Å². The van der Waals surface area contributed by atoms with Crippen LogP contribution in [0, 0.1) is 17.8 Å². The molecule has 1 N–H and O–H groups in total. The van der Waals surface area contributed by atoms with Gasteiger partial charge >= 0.3 is 0 Å². The topological polar surface area (TPSA) is 83.0 Å². The first-order chi connectivity index (χ1) is 12.4. The smallest absolute Gasteiger partial charge is 0.282 e. The van der Waals surface area contributed by atoms with E-state index in [1.165, 1.54) is 14.8 Å². The standard InChI is InChI=1S/C17H24FN3O4S/c18-16-15(5-2-6-19-16)17(22)13-3-1-4-14(17)12-21(11-13)26(23,24)20-7-9-25-10-8-20/h2,5-6,13-14,22H,1,3-4,7-12H2/t13-,14+,17?. The van der Waals surface area contributed by atoms with E-state index in [1.807, 2.05) is 0 Å². The summed E-state index contributed by atoms with van der Waals surface area (Å²) in [6.45, 7) is 1.86. The predicted octanol–water partition coefficient (Wildman–Crippen LogP) is 0.717. The highest BCUT2D eigenvalue weighted by molar-refractivity contribution is 7.86. The van der Waals surface area contributed by atoms with Crippen molar-refractivity contribution in [2.24, 2.45) is 11.8 Å². The van der Waals surface area contributed by atoms with Crippen LogP contribution >= 0.6 is 0 Å². The predicted molar refractivity (Wildman–Crippen MR) is 91.8 cm³/mol. The molecule has 0 spiro atoms. The van der Waals surface area contributed by atoms with E-state index in [-0.39, 0.29) is 30.5 Å². The second-order valence-electron chi connectivity index (χ2n) is 7.33. The number of pyridine rings is 1. The molecule has 3 aliphatic rings. The average Bonchev–Trinajstić information content (AvgIpc) is 2.62. The Bertz CT molecular complexity index is 755. The van der Waals surface area contributed by atoms with Crippen molar-refractivity contribution >= 4 is 10.2 Å². The van der Waals surface area contributed by atoms with E-state index in [9.17, 15) is 17.9 Å². The lowest BCUT2D eigenvalue weighted by molar-refractivity contribution is -0.136. The fraction of sp³-hybridized carbons (Fsp3) is 0.706. The maximum Gasteiger partial charge on any atom is 0.282 e. The van der Waals surface area contributed by atoms with Crippen LogP contribution in [0.1, 0.15) is 24.8 Å². The minimum atomic E-state index is -3.60. The minimum Gasteiger partial charge on any atom is -0.384 e. The van der Waals surface area contributed by atoms with Crippen LogP contribution in [-0.4, -0.2) is 66.5 Å². The molecule has 1 unspecified atom stereocenters. The lowest BCUT2D eigenvalue weighted by Gasteiger charge is -2.53. The molecule has 1 aliphatic carbocycles. The van der Waals surface area contributed by atoms with Crippen LogP contribution in [0.3, 0.4) is 0 Å². The number of fused-ring (bicyclic) bond motifs is 2. The highest BCUT2D eigenvalue weighted by atomic mass is 32.2. The van der Waals surface area contributed by atoms with Crippen LogP contribution in [0.25, 0.3) is 0 Å². The van der Waals surface area contributed by atoms with Crippen molar-refractivity contribution < 1.29 is 22.7 Å². The number of piperidine rings is 1. The van der Waals surface area contributed by atoms with Crippen LogP contribution in [-0.2, 0) is 20.5 Å². The van der Waals surface area contributed by atoms with E-state index in [0.717, 1.165) is 6.42 Å². The van der Waals surface area contributed by atoms with Crippen molar-refractivity contribution in [3.63, 3.8) is 0 Å². The normalized spacial score (nSPS) is 33.9. The van der Waals surface area contributed by atoms with Gasteiger partial charge in [-0.05, 0) is 18.9 Å². The molecular weight excluding hydrogens is 361 g/mol. The number of nitrogens with zero attached hydrogens (tertiary/aromatic N) is 3. The molecule has 2 saturated heterocycles. The molecule has 0 aromatic carbocycles. The molecule has 1 aromatic rings. The lowest BCUT2D eigenvalue weighted by Crippen LogP contribution is -2.61.